The topological polar surface area (TPSA) is 55.1 Å². The van der Waals surface area contributed by atoms with Gasteiger partial charge in [0.2, 0.25) is 0 Å². The van der Waals surface area contributed by atoms with E-state index in [1.54, 1.807) is 4.68 Å². The van der Waals surface area contributed by atoms with Crippen LogP contribution in [0.1, 0.15) is 29.7 Å². The van der Waals surface area contributed by atoms with Crippen LogP contribution in [0.15, 0.2) is 30.5 Å². The Balaban J connectivity index is 1.97. The fraction of sp³-hybridized carbons (Fsp3) is 0.333. The Morgan fingerprint density at radius 1 is 1.26 bits per heavy atom. The maximum absolute atomic E-state index is 11.3. The molecular weight excluding hydrogens is 240 g/mol. The number of benzene rings is 1. The van der Waals surface area contributed by atoms with Crippen molar-refractivity contribution in [1.82, 2.24) is 9.78 Å². The van der Waals surface area contributed by atoms with Gasteiger partial charge in [0.15, 0.2) is 0 Å². The van der Waals surface area contributed by atoms with Gasteiger partial charge in [-0.15, -0.1) is 0 Å². The number of aliphatic carboxylic acids is 1. The van der Waals surface area contributed by atoms with Crippen LogP contribution in [0.2, 0.25) is 0 Å². The third-order valence-electron chi connectivity index (χ3n) is 3.99. The molecule has 2 aromatic rings. The summed E-state index contributed by atoms with van der Waals surface area (Å²) >= 11 is 0. The van der Waals surface area contributed by atoms with E-state index in [4.69, 9.17) is 0 Å². The Labute approximate surface area is 111 Å². The molecule has 0 aliphatic heterocycles. The first kappa shape index (κ1) is 12.0. The number of nitrogens with zero attached hydrogens (tertiary/aromatic N) is 2. The van der Waals surface area contributed by atoms with Gasteiger partial charge in [0.25, 0.3) is 0 Å². The predicted molar refractivity (Wildman–Crippen MR) is 71.6 cm³/mol. The minimum atomic E-state index is -0.766. The summed E-state index contributed by atoms with van der Waals surface area (Å²) in [4.78, 5) is 11.3. The third-order valence-corrected chi connectivity index (χ3v) is 3.99. The number of aryl methyl sites for hydroxylation is 2. The molecule has 19 heavy (non-hydrogen) atoms. The van der Waals surface area contributed by atoms with Gasteiger partial charge in [0, 0.05) is 6.20 Å². The molecule has 1 aliphatic carbocycles. The molecule has 4 heteroatoms. The van der Waals surface area contributed by atoms with Gasteiger partial charge < -0.3 is 5.11 Å². The first-order valence-corrected chi connectivity index (χ1v) is 6.40. The minimum absolute atomic E-state index is 0.665. The van der Waals surface area contributed by atoms with E-state index in [1.807, 2.05) is 18.3 Å². The number of hydrogen-bond acceptors (Lipinski definition) is 2. The quantitative estimate of drug-likeness (QED) is 0.918. The number of aromatic nitrogens is 2. The first-order chi connectivity index (χ1) is 9.03. The van der Waals surface area contributed by atoms with Crippen molar-refractivity contribution in [2.45, 2.75) is 32.1 Å². The molecule has 0 unspecified atom stereocenters. The Morgan fingerprint density at radius 3 is 2.58 bits per heavy atom. The van der Waals surface area contributed by atoms with Gasteiger partial charge in [0.1, 0.15) is 5.41 Å². The summed E-state index contributed by atoms with van der Waals surface area (Å²) in [5.41, 5.74) is 3.34. The van der Waals surface area contributed by atoms with Crippen LogP contribution >= 0.6 is 0 Å². The highest BCUT2D eigenvalue weighted by atomic mass is 16.4. The standard InChI is InChI=1S/C15H16N2O2/c1-10-3-4-12(9-11(10)2)17-8-5-13(16-17)15(6-7-15)14(18)19/h3-5,8-9H,6-7H2,1-2H3,(H,18,19). The lowest BCUT2D eigenvalue weighted by molar-refractivity contribution is -0.140. The van der Waals surface area contributed by atoms with Gasteiger partial charge in [0.05, 0.1) is 11.4 Å². The van der Waals surface area contributed by atoms with Crippen LogP contribution in [0.5, 0.6) is 0 Å². The molecule has 0 atom stereocenters. The van der Waals surface area contributed by atoms with Crippen molar-refractivity contribution in [3.63, 3.8) is 0 Å². The molecule has 1 saturated carbocycles. The summed E-state index contributed by atoms with van der Waals surface area (Å²) in [7, 11) is 0. The number of carbonyl (C=O) groups is 1. The van der Waals surface area contributed by atoms with E-state index < -0.39 is 11.4 Å². The molecule has 0 bridgehead atoms. The van der Waals surface area contributed by atoms with E-state index in [-0.39, 0.29) is 0 Å². The highest BCUT2D eigenvalue weighted by Crippen LogP contribution is 2.47. The van der Waals surface area contributed by atoms with Gasteiger partial charge in [-0.3, -0.25) is 4.79 Å². The molecule has 1 aliphatic rings. The largest absolute Gasteiger partial charge is 0.481 e. The second-order valence-electron chi connectivity index (χ2n) is 5.30. The highest BCUT2D eigenvalue weighted by Gasteiger charge is 2.53. The molecule has 0 spiro atoms. The number of carboxylic acid groups (broad SMARTS) is 1. The lowest BCUT2D eigenvalue weighted by atomic mass is 10.0. The van der Waals surface area contributed by atoms with Crippen LogP contribution in [0.3, 0.4) is 0 Å². The van der Waals surface area contributed by atoms with E-state index >= 15 is 0 Å². The number of carboxylic acids is 1. The smallest absolute Gasteiger partial charge is 0.315 e. The summed E-state index contributed by atoms with van der Waals surface area (Å²) < 4.78 is 1.75. The highest BCUT2D eigenvalue weighted by molar-refractivity contribution is 5.84. The van der Waals surface area contributed by atoms with Gasteiger partial charge in [-0.05, 0) is 56.0 Å². The second-order valence-corrected chi connectivity index (χ2v) is 5.30. The molecule has 1 fully saturated rings. The Bertz CT molecular complexity index is 654. The fourth-order valence-electron chi connectivity index (χ4n) is 2.30. The van der Waals surface area contributed by atoms with E-state index in [0.29, 0.717) is 18.5 Å². The molecule has 0 saturated heterocycles. The summed E-state index contributed by atoms with van der Waals surface area (Å²) in [6.07, 6.45) is 3.21. The lowest BCUT2D eigenvalue weighted by Gasteiger charge is -2.07. The van der Waals surface area contributed by atoms with E-state index in [2.05, 4.69) is 31.1 Å². The monoisotopic (exact) mass is 256 g/mol. The molecule has 98 valence electrons. The average molecular weight is 256 g/mol. The zero-order valence-electron chi connectivity index (χ0n) is 11.1. The van der Waals surface area contributed by atoms with Gasteiger partial charge in [-0.2, -0.15) is 5.10 Å². The first-order valence-electron chi connectivity index (χ1n) is 6.40. The van der Waals surface area contributed by atoms with Crippen LogP contribution in [0, 0.1) is 13.8 Å². The Hall–Kier alpha value is -2.10. The van der Waals surface area contributed by atoms with Crippen LogP contribution in [0.25, 0.3) is 5.69 Å². The number of rotatable bonds is 3. The molecule has 0 amide bonds. The van der Waals surface area contributed by atoms with Crippen LogP contribution < -0.4 is 0 Å². The zero-order chi connectivity index (χ0) is 13.6. The van der Waals surface area contributed by atoms with Gasteiger partial charge >= 0.3 is 5.97 Å². The summed E-state index contributed by atoms with van der Waals surface area (Å²) in [5.74, 6) is -0.766. The van der Waals surface area contributed by atoms with Crippen molar-refractivity contribution in [2.24, 2.45) is 0 Å². The van der Waals surface area contributed by atoms with Crippen molar-refractivity contribution in [2.75, 3.05) is 0 Å². The average Bonchev–Trinajstić information content (AvgIpc) is 3.05. The maximum atomic E-state index is 11.3. The summed E-state index contributed by atoms with van der Waals surface area (Å²) in [6.45, 7) is 4.13. The molecule has 0 radical (unpaired) electrons. The van der Waals surface area contributed by atoms with Crippen LogP contribution in [-0.4, -0.2) is 20.9 Å². The van der Waals surface area contributed by atoms with Crippen molar-refractivity contribution < 1.29 is 9.90 Å². The molecule has 1 aromatic carbocycles. The maximum Gasteiger partial charge on any atom is 0.315 e. The van der Waals surface area contributed by atoms with E-state index in [1.165, 1.54) is 11.1 Å². The summed E-state index contributed by atoms with van der Waals surface area (Å²) in [5, 5.41) is 13.7. The molecule has 1 aromatic heterocycles. The van der Waals surface area contributed by atoms with Crippen LogP contribution in [0.4, 0.5) is 0 Å². The van der Waals surface area contributed by atoms with Crippen molar-refractivity contribution in [1.29, 1.82) is 0 Å². The number of hydrogen-bond donors (Lipinski definition) is 1. The van der Waals surface area contributed by atoms with Crippen molar-refractivity contribution >= 4 is 5.97 Å². The van der Waals surface area contributed by atoms with Crippen molar-refractivity contribution in [3.8, 4) is 5.69 Å². The Kier molecular flexibility index (Phi) is 2.49. The minimum Gasteiger partial charge on any atom is -0.481 e. The predicted octanol–water partition coefficient (Wildman–Crippen LogP) is 2.61. The van der Waals surface area contributed by atoms with Gasteiger partial charge in [-0.25, -0.2) is 4.68 Å². The fourth-order valence-corrected chi connectivity index (χ4v) is 2.30. The molecular formula is C15H16N2O2. The van der Waals surface area contributed by atoms with E-state index in [9.17, 15) is 9.90 Å². The normalized spacial score (nSPS) is 16.3. The summed E-state index contributed by atoms with van der Waals surface area (Å²) in [6, 6.07) is 7.93. The van der Waals surface area contributed by atoms with Gasteiger partial charge in [-0.1, -0.05) is 6.07 Å². The third kappa shape index (κ3) is 1.84. The molecule has 1 heterocycles. The van der Waals surface area contributed by atoms with Crippen LogP contribution in [-0.2, 0) is 10.2 Å². The molecule has 3 rings (SSSR count). The van der Waals surface area contributed by atoms with E-state index in [0.717, 1.165) is 5.69 Å². The molecule has 4 nitrogen and oxygen atoms in total. The lowest BCUT2D eigenvalue weighted by Crippen LogP contribution is -2.20. The second kappa shape index (κ2) is 3.95. The zero-order valence-corrected chi connectivity index (χ0v) is 11.1. The SMILES string of the molecule is Cc1ccc(-n2ccc(C3(C(=O)O)CC3)n2)cc1C. The van der Waals surface area contributed by atoms with Crippen molar-refractivity contribution in [3.05, 3.63) is 47.3 Å². The molecule has 1 N–H and O–H groups in total. The Morgan fingerprint density at radius 2 is 2.00 bits per heavy atom.